The predicted molar refractivity (Wildman–Crippen MR) is 113 cm³/mol. The normalized spacial score (nSPS) is 16.6. The highest BCUT2D eigenvalue weighted by atomic mass is 32.2. The second-order valence-corrected chi connectivity index (χ2v) is 9.58. The molecule has 0 saturated carbocycles. The number of aryl methyl sites for hydroxylation is 2. The van der Waals surface area contributed by atoms with E-state index in [1.807, 2.05) is 6.92 Å². The molecule has 1 aromatic heterocycles. The Morgan fingerprint density at radius 3 is 2.42 bits per heavy atom. The number of amides is 1. The Bertz CT molecular complexity index is 1020. The zero-order valence-electron chi connectivity index (χ0n) is 17.8. The molecule has 0 bridgehead atoms. The summed E-state index contributed by atoms with van der Waals surface area (Å²) in [7, 11) is -3.60. The van der Waals surface area contributed by atoms with Gasteiger partial charge in [0.2, 0.25) is 10.0 Å². The minimum atomic E-state index is -3.60. The number of carbonyl (C=O) groups is 2. The molecule has 168 valence electrons. The SMILES string of the molecule is CC[C@H](OC(=O)C1CCN(S(=O)(=O)c2ccc(C)cc2)CC1)C(=O)Nc1cc(C)on1. The lowest BCUT2D eigenvalue weighted by Gasteiger charge is -2.30. The van der Waals surface area contributed by atoms with E-state index in [0.29, 0.717) is 25.0 Å². The van der Waals surface area contributed by atoms with Crippen LogP contribution in [0.5, 0.6) is 0 Å². The number of hydrogen-bond acceptors (Lipinski definition) is 7. The van der Waals surface area contributed by atoms with Crippen LogP contribution in [0.3, 0.4) is 0 Å². The first-order chi connectivity index (χ1) is 14.7. The van der Waals surface area contributed by atoms with Crippen molar-refractivity contribution in [2.24, 2.45) is 5.92 Å². The van der Waals surface area contributed by atoms with Gasteiger partial charge in [-0.25, -0.2) is 8.42 Å². The van der Waals surface area contributed by atoms with E-state index in [2.05, 4.69) is 10.5 Å². The highest BCUT2D eigenvalue weighted by Crippen LogP contribution is 2.25. The molecule has 2 heterocycles. The van der Waals surface area contributed by atoms with Gasteiger partial charge >= 0.3 is 5.97 Å². The average molecular weight is 450 g/mol. The largest absolute Gasteiger partial charge is 0.452 e. The molecular formula is C21H27N3O6S. The van der Waals surface area contributed by atoms with E-state index < -0.39 is 33.9 Å². The van der Waals surface area contributed by atoms with E-state index in [4.69, 9.17) is 9.26 Å². The molecule has 0 radical (unpaired) electrons. The smallest absolute Gasteiger partial charge is 0.309 e. The molecule has 1 aromatic carbocycles. The molecule has 0 aliphatic carbocycles. The highest BCUT2D eigenvalue weighted by Gasteiger charge is 2.34. The molecule has 31 heavy (non-hydrogen) atoms. The molecule has 0 spiro atoms. The molecule has 1 aliphatic rings. The molecular weight excluding hydrogens is 422 g/mol. The maximum atomic E-state index is 12.8. The van der Waals surface area contributed by atoms with Crippen molar-refractivity contribution in [3.05, 3.63) is 41.7 Å². The van der Waals surface area contributed by atoms with E-state index in [9.17, 15) is 18.0 Å². The van der Waals surface area contributed by atoms with Gasteiger partial charge in [0.05, 0.1) is 10.8 Å². The number of anilines is 1. The van der Waals surface area contributed by atoms with Crippen LogP contribution in [0.2, 0.25) is 0 Å². The number of piperidine rings is 1. The van der Waals surface area contributed by atoms with Crippen molar-refractivity contribution >= 4 is 27.7 Å². The molecule has 1 fully saturated rings. The number of sulfonamides is 1. The standard InChI is InChI=1S/C21H27N3O6S/c1-4-18(20(25)22-19-13-15(3)30-23-19)29-21(26)16-9-11-24(12-10-16)31(27,28)17-7-5-14(2)6-8-17/h5-8,13,16,18H,4,9-12H2,1-3H3,(H,22,23,25)/t18-/m0/s1. The van der Waals surface area contributed by atoms with Crippen LogP contribution in [0.25, 0.3) is 0 Å². The zero-order valence-corrected chi connectivity index (χ0v) is 18.6. The highest BCUT2D eigenvalue weighted by molar-refractivity contribution is 7.89. The zero-order chi connectivity index (χ0) is 22.6. The van der Waals surface area contributed by atoms with Gasteiger partial charge in [0.1, 0.15) is 5.76 Å². The molecule has 1 amide bonds. The Hall–Kier alpha value is -2.72. The Morgan fingerprint density at radius 1 is 1.23 bits per heavy atom. The average Bonchev–Trinajstić information content (AvgIpc) is 3.16. The second kappa shape index (κ2) is 9.61. The van der Waals surface area contributed by atoms with Gasteiger partial charge in [-0.05, 0) is 45.2 Å². The lowest BCUT2D eigenvalue weighted by Crippen LogP contribution is -2.42. The Morgan fingerprint density at radius 2 is 1.87 bits per heavy atom. The molecule has 1 atom stereocenters. The van der Waals surface area contributed by atoms with Gasteiger partial charge in [0, 0.05) is 19.2 Å². The van der Waals surface area contributed by atoms with Gasteiger partial charge < -0.3 is 14.6 Å². The number of aromatic nitrogens is 1. The van der Waals surface area contributed by atoms with Crippen LogP contribution in [0.1, 0.15) is 37.5 Å². The van der Waals surface area contributed by atoms with Crippen molar-refractivity contribution < 1.29 is 27.3 Å². The first-order valence-electron chi connectivity index (χ1n) is 10.2. The summed E-state index contributed by atoms with van der Waals surface area (Å²) in [5, 5.41) is 6.26. The summed E-state index contributed by atoms with van der Waals surface area (Å²) in [5.41, 5.74) is 0.980. The Balaban J connectivity index is 1.55. The van der Waals surface area contributed by atoms with E-state index >= 15 is 0 Å². The fourth-order valence-electron chi connectivity index (χ4n) is 3.38. The van der Waals surface area contributed by atoms with Gasteiger partial charge in [0.25, 0.3) is 5.91 Å². The lowest BCUT2D eigenvalue weighted by molar-refractivity contribution is -0.159. The molecule has 3 rings (SSSR count). The van der Waals surface area contributed by atoms with Crippen LogP contribution in [-0.4, -0.2) is 48.9 Å². The summed E-state index contributed by atoms with van der Waals surface area (Å²) in [6.07, 6.45) is 0.0167. The van der Waals surface area contributed by atoms with Crippen molar-refractivity contribution in [1.82, 2.24) is 9.46 Å². The minimum absolute atomic E-state index is 0.219. The molecule has 1 aliphatic heterocycles. The second-order valence-electron chi connectivity index (χ2n) is 7.64. The van der Waals surface area contributed by atoms with E-state index in [0.717, 1.165) is 5.56 Å². The van der Waals surface area contributed by atoms with Gasteiger partial charge in [-0.3, -0.25) is 9.59 Å². The van der Waals surface area contributed by atoms with Gasteiger partial charge in [-0.2, -0.15) is 4.31 Å². The molecule has 10 heteroatoms. The van der Waals surface area contributed by atoms with E-state index in [1.54, 1.807) is 44.2 Å². The lowest BCUT2D eigenvalue weighted by atomic mass is 9.98. The monoisotopic (exact) mass is 449 g/mol. The number of carbonyl (C=O) groups excluding carboxylic acids is 2. The number of hydrogen-bond donors (Lipinski definition) is 1. The quantitative estimate of drug-likeness (QED) is 0.646. The Kier molecular flexibility index (Phi) is 7.11. The minimum Gasteiger partial charge on any atom is -0.452 e. The molecule has 1 N–H and O–H groups in total. The van der Waals surface area contributed by atoms with Crippen LogP contribution >= 0.6 is 0 Å². The number of esters is 1. The van der Waals surface area contributed by atoms with Gasteiger partial charge in [-0.1, -0.05) is 29.8 Å². The van der Waals surface area contributed by atoms with Crippen LogP contribution in [0, 0.1) is 19.8 Å². The number of rotatable bonds is 7. The summed E-state index contributed by atoms with van der Waals surface area (Å²) in [5.74, 6) is -0.630. The summed E-state index contributed by atoms with van der Waals surface area (Å²) < 4.78 is 37.3. The Labute approximate surface area is 181 Å². The number of nitrogens with zero attached hydrogens (tertiary/aromatic N) is 2. The van der Waals surface area contributed by atoms with Crippen molar-refractivity contribution in [3.8, 4) is 0 Å². The third-order valence-electron chi connectivity index (χ3n) is 5.25. The third kappa shape index (κ3) is 5.50. The maximum Gasteiger partial charge on any atom is 0.309 e. The fourth-order valence-corrected chi connectivity index (χ4v) is 4.85. The van der Waals surface area contributed by atoms with Crippen LogP contribution in [-0.2, 0) is 24.3 Å². The first kappa shape index (κ1) is 23.0. The van der Waals surface area contributed by atoms with Crippen molar-refractivity contribution in [2.45, 2.75) is 51.0 Å². The third-order valence-corrected chi connectivity index (χ3v) is 7.16. The van der Waals surface area contributed by atoms with E-state index in [-0.39, 0.29) is 23.8 Å². The summed E-state index contributed by atoms with van der Waals surface area (Å²) in [6, 6.07) is 8.26. The summed E-state index contributed by atoms with van der Waals surface area (Å²) in [6.45, 7) is 5.77. The molecule has 2 aromatic rings. The van der Waals surface area contributed by atoms with Gasteiger partial charge in [-0.15, -0.1) is 0 Å². The number of nitrogens with one attached hydrogen (secondary N) is 1. The molecule has 0 unspecified atom stereocenters. The van der Waals surface area contributed by atoms with Crippen molar-refractivity contribution in [2.75, 3.05) is 18.4 Å². The summed E-state index contributed by atoms with van der Waals surface area (Å²) >= 11 is 0. The van der Waals surface area contributed by atoms with Crippen LogP contribution in [0.4, 0.5) is 5.82 Å². The van der Waals surface area contributed by atoms with E-state index in [1.165, 1.54) is 4.31 Å². The van der Waals surface area contributed by atoms with Crippen molar-refractivity contribution in [3.63, 3.8) is 0 Å². The fraction of sp³-hybridized carbons (Fsp3) is 0.476. The number of benzene rings is 1. The van der Waals surface area contributed by atoms with Crippen molar-refractivity contribution in [1.29, 1.82) is 0 Å². The first-order valence-corrected chi connectivity index (χ1v) is 11.7. The molecule has 1 saturated heterocycles. The van der Waals surface area contributed by atoms with Gasteiger partial charge in [0.15, 0.2) is 11.9 Å². The number of ether oxygens (including phenoxy) is 1. The van der Waals surface area contributed by atoms with Crippen LogP contribution in [0.15, 0.2) is 39.8 Å². The topological polar surface area (TPSA) is 119 Å². The van der Waals surface area contributed by atoms with Crippen LogP contribution < -0.4 is 5.32 Å². The summed E-state index contributed by atoms with van der Waals surface area (Å²) in [4.78, 5) is 25.2. The maximum absolute atomic E-state index is 12.8. The predicted octanol–water partition coefficient (Wildman–Crippen LogP) is 2.65. The molecule has 9 nitrogen and oxygen atoms in total.